The molecule has 1 unspecified atom stereocenters. The van der Waals surface area contributed by atoms with Gasteiger partial charge in [0, 0.05) is 5.56 Å². The van der Waals surface area contributed by atoms with Crippen LogP contribution in [0.1, 0.15) is 31.4 Å². The molecule has 78 valence electrons. The fourth-order valence-corrected chi connectivity index (χ4v) is 1.43. The van der Waals surface area contributed by atoms with Crippen LogP contribution in [-0.2, 0) is 5.60 Å². The average Bonchev–Trinajstić information content (AvgIpc) is 2.18. The lowest BCUT2D eigenvalue weighted by atomic mass is 9.91. The lowest BCUT2D eigenvalue weighted by molar-refractivity contribution is 0.0504. The van der Waals surface area contributed by atoms with Crippen LogP contribution in [0.5, 0.6) is 5.75 Å². The van der Waals surface area contributed by atoms with Gasteiger partial charge in [-0.2, -0.15) is 0 Å². The van der Waals surface area contributed by atoms with E-state index < -0.39 is 5.60 Å². The topological polar surface area (TPSA) is 29.5 Å². The molecule has 1 atom stereocenters. The van der Waals surface area contributed by atoms with Gasteiger partial charge in [-0.05, 0) is 32.4 Å². The summed E-state index contributed by atoms with van der Waals surface area (Å²) in [5.41, 5.74) is 1.19. The minimum absolute atomic E-state index is 0.673. The van der Waals surface area contributed by atoms with E-state index in [4.69, 9.17) is 4.74 Å². The largest absolute Gasteiger partial charge is 0.496 e. The van der Waals surface area contributed by atoms with E-state index in [1.165, 1.54) is 0 Å². The molecule has 0 aliphatic rings. The minimum Gasteiger partial charge on any atom is -0.496 e. The van der Waals surface area contributed by atoms with Gasteiger partial charge in [0.25, 0.3) is 0 Å². The molecule has 0 aliphatic heterocycles. The Morgan fingerprint density at radius 2 is 2.07 bits per heavy atom. The average molecular weight is 194 g/mol. The first kappa shape index (κ1) is 11.1. The normalized spacial score (nSPS) is 14.9. The number of ether oxygens (including phenoxy) is 1. The molecule has 2 heteroatoms. The van der Waals surface area contributed by atoms with E-state index in [2.05, 4.69) is 0 Å². The third kappa shape index (κ3) is 2.07. The molecule has 1 rings (SSSR count). The van der Waals surface area contributed by atoms with Crippen LogP contribution >= 0.6 is 0 Å². The van der Waals surface area contributed by atoms with Crippen LogP contribution in [-0.4, -0.2) is 12.2 Å². The summed E-state index contributed by atoms with van der Waals surface area (Å²) in [6.07, 6.45) is 0.673. The van der Waals surface area contributed by atoms with Gasteiger partial charge in [0.2, 0.25) is 0 Å². The summed E-state index contributed by atoms with van der Waals surface area (Å²) in [4.78, 5) is 0. The maximum Gasteiger partial charge on any atom is 0.124 e. The monoisotopic (exact) mass is 194 g/mol. The second-order valence-corrected chi connectivity index (χ2v) is 3.83. The number of hydrogen-bond acceptors (Lipinski definition) is 2. The van der Waals surface area contributed by atoms with Crippen molar-refractivity contribution in [1.82, 2.24) is 0 Å². The molecule has 0 heterocycles. The second-order valence-electron chi connectivity index (χ2n) is 3.83. The van der Waals surface area contributed by atoms with Crippen LogP contribution in [0.15, 0.2) is 18.2 Å². The Labute approximate surface area is 85.5 Å². The van der Waals surface area contributed by atoms with Crippen molar-refractivity contribution in [2.24, 2.45) is 0 Å². The Kier molecular flexibility index (Phi) is 3.17. The Bertz CT molecular complexity index is 316. The van der Waals surface area contributed by atoms with Crippen LogP contribution in [0.2, 0.25) is 0 Å². The summed E-state index contributed by atoms with van der Waals surface area (Å²) in [5, 5.41) is 10.2. The third-order valence-corrected chi connectivity index (χ3v) is 2.62. The van der Waals surface area contributed by atoms with Gasteiger partial charge < -0.3 is 9.84 Å². The van der Waals surface area contributed by atoms with Crippen LogP contribution in [0, 0.1) is 6.92 Å². The Hall–Kier alpha value is -1.02. The van der Waals surface area contributed by atoms with Crippen molar-refractivity contribution in [2.45, 2.75) is 32.8 Å². The van der Waals surface area contributed by atoms with Crippen LogP contribution < -0.4 is 4.74 Å². The first-order valence-electron chi connectivity index (χ1n) is 4.88. The summed E-state index contributed by atoms with van der Waals surface area (Å²) >= 11 is 0. The van der Waals surface area contributed by atoms with E-state index in [9.17, 15) is 5.11 Å². The molecular formula is C12H18O2. The van der Waals surface area contributed by atoms with Crippen LogP contribution in [0.25, 0.3) is 0 Å². The van der Waals surface area contributed by atoms with Gasteiger partial charge >= 0.3 is 0 Å². The standard InChI is InChI=1S/C12H18O2/c1-5-12(3,13)10-8-9(2)6-7-11(10)14-4/h6-8,13H,5H2,1-4H3. The van der Waals surface area contributed by atoms with Crippen molar-refractivity contribution in [3.05, 3.63) is 29.3 Å². The molecule has 0 saturated carbocycles. The molecule has 0 bridgehead atoms. The summed E-state index contributed by atoms with van der Waals surface area (Å²) in [5.74, 6) is 0.752. The molecule has 0 fully saturated rings. The molecule has 0 radical (unpaired) electrons. The molecule has 14 heavy (non-hydrogen) atoms. The highest BCUT2D eigenvalue weighted by atomic mass is 16.5. The predicted octanol–water partition coefficient (Wildman–Crippen LogP) is 2.62. The quantitative estimate of drug-likeness (QED) is 0.801. The SMILES string of the molecule is CCC(C)(O)c1cc(C)ccc1OC. The fourth-order valence-electron chi connectivity index (χ4n) is 1.43. The van der Waals surface area contributed by atoms with Gasteiger partial charge in [-0.15, -0.1) is 0 Å². The van der Waals surface area contributed by atoms with Crippen molar-refractivity contribution in [1.29, 1.82) is 0 Å². The number of aryl methyl sites for hydroxylation is 1. The van der Waals surface area contributed by atoms with Gasteiger partial charge in [0.1, 0.15) is 5.75 Å². The van der Waals surface area contributed by atoms with Crippen LogP contribution in [0.4, 0.5) is 0 Å². The lowest BCUT2D eigenvalue weighted by Crippen LogP contribution is -2.20. The highest BCUT2D eigenvalue weighted by Gasteiger charge is 2.24. The van der Waals surface area contributed by atoms with Gasteiger partial charge in [0.15, 0.2) is 0 Å². The molecule has 1 aromatic carbocycles. The van der Waals surface area contributed by atoms with Crippen molar-refractivity contribution < 1.29 is 9.84 Å². The van der Waals surface area contributed by atoms with Gasteiger partial charge in [-0.25, -0.2) is 0 Å². The molecular weight excluding hydrogens is 176 g/mol. The van der Waals surface area contributed by atoms with Gasteiger partial charge in [0.05, 0.1) is 12.7 Å². The number of rotatable bonds is 3. The van der Waals surface area contributed by atoms with Crippen molar-refractivity contribution in [2.75, 3.05) is 7.11 Å². The zero-order chi connectivity index (χ0) is 10.8. The molecule has 1 aromatic rings. The van der Waals surface area contributed by atoms with E-state index in [-0.39, 0.29) is 0 Å². The fraction of sp³-hybridized carbons (Fsp3) is 0.500. The van der Waals surface area contributed by atoms with Crippen molar-refractivity contribution in [3.8, 4) is 5.75 Å². The number of aliphatic hydroxyl groups is 1. The Balaban J connectivity index is 3.23. The smallest absolute Gasteiger partial charge is 0.124 e. The maximum absolute atomic E-state index is 10.2. The first-order chi connectivity index (χ1) is 6.51. The first-order valence-corrected chi connectivity index (χ1v) is 4.88. The van der Waals surface area contributed by atoms with E-state index in [1.54, 1.807) is 7.11 Å². The van der Waals surface area contributed by atoms with Crippen LogP contribution in [0.3, 0.4) is 0 Å². The highest BCUT2D eigenvalue weighted by Crippen LogP contribution is 2.32. The number of methoxy groups -OCH3 is 1. The molecule has 0 amide bonds. The van der Waals surface area contributed by atoms with Crippen molar-refractivity contribution in [3.63, 3.8) is 0 Å². The summed E-state index contributed by atoms with van der Waals surface area (Å²) in [6.45, 7) is 5.78. The number of benzene rings is 1. The molecule has 0 spiro atoms. The van der Waals surface area contributed by atoms with Gasteiger partial charge in [-0.3, -0.25) is 0 Å². The van der Waals surface area contributed by atoms with E-state index in [1.807, 2.05) is 39.0 Å². The summed E-state index contributed by atoms with van der Waals surface area (Å²) < 4.78 is 5.23. The third-order valence-electron chi connectivity index (χ3n) is 2.62. The summed E-state index contributed by atoms with van der Waals surface area (Å²) in [7, 11) is 1.62. The zero-order valence-corrected chi connectivity index (χ0v) is 9.29. The zero-order valence-electron chi connectivity index (χ0n) is 9.29. The molecule has 1 N–H and O–H groups in total. The number of hydrogen-bond donors (Lipinski definition) is 1. The van der Waals surface area contributed by atoms with E-state index >= 15 is 0 Å². The molecule has 0 aliphatic carbocycles. The van der Waals surface area contributed by atoms with Gasteiger partial charge in [-0.1, -0.05) is 18.6 Å². The summed E-state index contributed by atoms with van der Waals surface area (Å²) in [6, 6.07) is 5.85. The van der Waals surface area contributed by atoms with E-state index in [0.29, 0.717) is 6.42 Å². The predicted molar refractivity (Wildman–Crippen MR) is 57.6 cm³/mol. The highest BCUT2D eigenvalue weighted by molar-refractivity contribution is 5.40. The molecule has 0 aromatic heterocycles. The second kappa shape index (κ2) is 4.01. The lowest BCUT2D eigenvalue weighted by Gasteiger charge is -2.24. The molecule has 0 saturated heterocycles. The Morgan fingerprint density at radius 3 is 2.57 bits per heavy atom. The maximum atomic E-state index is 10.2. The molecule has 2 nitrogen and oxygen atoms in total. The van der Waals surface area contributed by atoms with Crippen molar-refractivity contribution >= 4 is 0 Å². The van der Waals surface area contributed by atoms with E-state index in [0.717, 1.165) is 16.9 Å². The Morgan fingerprint density at radius 1 is 1.43 bits per heavy atom. The minimum atomic E-state index is -0.808.